The van der Waals surface area contributed by atoms with Gasteiger partial charge in [-0.3, -0.25) is 4.79 Å². The first kappa shape index (κ1) is 19.5. The fourth-order valence-corrected chi connectivity index (χ4v) is 5.51. The number of aromatic nitrogens is 3. The van der Waals surface area contributed by atoms with Crippen LogP contribution in [0.3, 0.4) is 0 Å². The van der Waals surface area contributed by atoms with Crippen molar-refractivity contribution in [3.05, 3.63) is 29.7 Å². The van der Waals surface area contributed by atoms with Crippen molar-refractivity contribution in [3.8, 4) is 0 Å². The quantitative estimate of drug-likeness (QED) is 0.777. The number of hydrogen-bond donors (Lipinski definition) is 2. The molecule has 0 bridgehead atoms. The van der Waals surface area contributed by atoms with E-state index in [1.165, 1.54) is 19.3 Å². The lowest BCUT2D eigenvalue weighted by molar-refractivity contribution is -0.128. The number of fused-ring (bicyclic) bond motifs is 1. The maximum absolute atomic E-state index is 13.2. The van der Waals surface area contributed by atoms with Crippen molar-refractivity contribution in [2.45, 2.75) is 31.2 Å². The highest BCUT2D eigenvalue weighted by Crippen LogP contribution is 2.33. The molecule has 1 unspecified atom stereocenters. The van der Waals surface area contributed by atoms with E-state index in [1.807, 2.05) is 18.5 Å². The van der Waals surface area contributed by atoms with Gasteiger partial charge in [-0.15, -0.1) is 24.2 Å². The molecular weight excluding hydrogens is 396 g/mol. The summed E-state index contributed by atoms with van der Waals surface area (Å²) in [7, 11) is 0. The number of piperidine rings is 1. The Morgan fingerprint density at radius 1 is 1.21 bits per heavy atom. The van der Waals surface area contributed by atoms with Crippen LogP contribution < -0.4 is 10.2 Å². The van der Waals surface area contributed by atoms with Crippen molar-refractivity contribution < 1.29 is 4.79 Å². The van der Waals surface area contributed by atoms with Gasteiger partial charge in [0.1, 0.15) is 17.8 Å². The molecule has 0 radical (unpaired) electrons. The molecule has 3 aliphatic heterocycles. The van der Waals surface area contributed by atoms with Gasteiger partial charge in [-0.2, -0.15) is 0 Å². The molecular formula is C19H25ClN6OS. The van der Waals surface area contributed by atoms with Gasteiger partial charge in [0.2, 0.25) is 0 Å². The lowest BCUT2D eigenvalue weighted by Crippen LogP contribution is -2.55. The van der Waals surface area contributed by atoms with Crippen molar-refractivity contribution >= 4 is 46.9 Å². The number of anilines is 1. The Labute approximate surface area is 174 Å². The molecule has 2 aromatic rings. The van der Waals surface area contributed by atoms with Crippen LogP contribution in [0.15, 0.2) is 29.7 Å². The molecule has 0 saturated carbocycles. The summed E-state index contributed by atoms with van der Waals surface area (Å²) in [5.41, 5.74) is 0.974. The molecule has 5 rings (SSSR count). The van der Waals surface area contributed by atoms with E-state index in [1.54, 1.807) is 18.1 Å². The van der Waals surface area contributed by atoms with E-state index >= 15 is 0 Å². The van der Waals surface area contributed by atoms with Crippen LogP contribution in [0.4, 0.5) is 5.82 Å². The second kappa shape index (κ2) is 7.93. The SMILES string of the molecule is Cl.O=C(C1=CN(c2ncnc3[nH]ccc23)CCS1)N1CCCC2(CCCN2)C1. The first-order chi connectivity index (χ1) is 13.2. The van der Waals surface area contributed by atoms with Gasteiger partial charge in [-0.25, -0.2) is 9.97 Å². The van der Waals surface area contributed by atoms with Crippen LogP contribution >= 0.6 is 24.2 Å². The van der Waals surface area contributed by atoms with Gasteiger partial charge < -0.3 is 20.1 Å². The molecule has 2 aromatic heterocycles. The highest BCUT2D eigenvalue weighted by Gasteiger charge is 2.39. The standard InChI is InChI=1S/C19H24N6OS.ClH/c26-18(25-8-2-5-19(12-25)4-1-6-23-19)15-11-24(9-10-27-15)17-14-3-7-20-16(14)21-13-22-17;/h3,7,11,13,23H,1-2,4-6,8-10,12H2,(H,20,21,22);1H. The summed E-state index contributed by atoms with van der Waals surface area (Å²) in [6.07, 6.45) is 10.1. The molecule has 0 aromatic carbocycles. The Hall–Kier alpha value is -1.77. The summed E-state index contributed by atoms with van der Waals surface area (Å²) in [5, 5.41) is 4.65. The molecule has 1 spiro atoms. The van der Waals surface area contributed by atoms with Gasteiger partial charge in [0.25, 0.3) is 5.91 Å². The van der Waals surface area contributed by atoms with E-state index in [0.29, 0.717) is 0 Å². The maximum Gasteiger partial charge on any atom is 0.261 e. The molecule has 28 heavy (non-hydrogen) atoms. The molecule has 9 heteroatoms. The van der Waals surface area contributed by atoms with Crippen molar-refractivity contribution in [1.29, 1.82) is 0 Å². The van der Waals surface area contributed by atoms with Crippen LogP contribution in [-0.4, -0.2) is 63.2 Å². The number of carbonyl (C=O) groups excluding carboxylic acids is 1. The smallest absolute Gasteiger partial charge is 0.261 e. The van der Waals surface area contributed by atoms with Crippen molar-refractivity contribution in [3.63, 3.8) is 0 Å². The number of nitrogens with one attached hydrogen (secondary N) is 2. The monoisotopic (exact) mass is 420 g/mol. The largest absolute Gasteiger partial charge is 0.346 e. The zero-order valence-electron chi connectivity index (χ0n) is 15.7. The predicted octanol–water partition coefficient (Wildman–Crippen LogP) is 2.52. The number of thioether (sulfide) groups is 1. The lowest BCUT2D eigenvalue weighted by atomic mass is 9.87. The van der Waals surface area contributed by atoms with E-state index in [9.17, 15) is 4.79 Å². The number of aromatic amines is 1. The van der Waals surface area contributed by atoms with Gasteiger partial charge in [0, 0.05) is 43.3 Å². The van der Waals surface area contributed by atoms with Gasteiger partial charge in [0.15, 0.2) is 0 Å². The topological polar surface area (TPSA) is 77.2 Å². The molecule has 2 N–H and O–H groups in total. The summed E-state index contributed by atoms with van der Waals surface area (Å²) < 4.78 is 0. The minimum absolute atomic E-state index is 0. The Bertz CT molecular complexity index is 893. The van der Waals surface area contributed by atoms with E-state index in [4.69, 9.17) is 0 Å². The average molecular weight is 421 g/mol. The Morgan fingerprint density at radius 2 is 2.11 bits per heavy atom. The number of rotatable bonds is 2. The minimum atomic E-state index is 0. The average Bonchev–Trinajstić information content (AvgIpc) is 3.37. The fraction of sp³-hybridized carbons (Fsp3) is 0.526. The third kappa shape index (κ3) is 3.49. The predicted molar refractivity (Wildman–Crippen MR) is 115 cm³/mol. The van der Waals surface area contributed by atoms with E-state index in [2.05, 4.69) is 30.1 Å². The minimum Gasteiger partial charge on any atom is -0.346 e. The number of nitrogens with zero attached hydrogens (tertiary/aromatic N) is 4. The normalized spacial score (nSPS) is 25.1. The number of amides is 1. The molecule has 2 saturated heterocycles. The molecule has 5 heterocycles. The molecule has 1 atom stereocenters. The van der Waals surface area contributed by atoms with E-state index in [-0.39, 0.29) is 23.9 Å². The van der Waals surface area contributed by atoms with Crippen LogP contribution in [0.2, 0.25) is 0 Å². The molecule has 0 aliphatic carbocycles. The number of likely N-dealkylation sites (tertiary alicyclic amines) is 1. The fourth-order valence-electron chi connectivity index (χ4n) is 4.55. The first-order valence-electron chi connectivity index (χ1n) is 9.68. The Balaban J connectivity index is 0.00000192. The van der Waals surface area contributed by atoms with Crippen LogP contribution in [0.25, 0.3) is 11.0 Å². The summed E-state index contributed by atoms with van der Waals surface area (Å²) in [4.78, 5) is 30.1. The van der Waals surface area contributed by atoms with Crippen molar-refractivity contribution in [2.75, 3.05) is 36.8 Å². The van der Waals surface area contributed by atoms with Gasteiger partial charge in [-0.1, -0.05) is 0 Å². The molecule has 7 nitrogen and oxygen atoms in total. The molecule has 1 amide bonds. The summed E-state index contributed by atoms with van der Waals surface area (Å²) in [5.74, 6) is 1.90. The van der Waals surface area contributed by atoms with E-state index in [0.717, 1.165) is 60.1 Å². The second-order valence-electron chi connectivity index (χ2n) is 7.61. The van der Waals surface area contributed by atoms with Gasteiger partial charge in [0.05, 0.1) is 10.3 Å². The third-order valence-corrected chi connectivity index (χ3v) is 6.85. The molecule has 3 aliphatic rings. The van der Waals surface area contributed by atoms with Crippen LogP contribution in [0.5, 0.6) is 0 Å². The maximum atomic E-state index is 13.2. The molecule has 150 valence electrons. The zero-order valence-corrected chi connectivity index (χ0v) is 17.3. The van der Waals surface area contributed by atoms with Crippen LogP contribution in [0.1, 0.15) is 25.7 Å². The Kier molecular flexibility index (Phi) is 5.53. The first-order valence-corrected chi connectivity index (χ1v) is 10.7. The number of H-pyrrole nitrogens is 1. The Morgan fingerprint density at radius 3 is 2.96 bits per heavy atom. The molecule has 2 fully saturated rings. The van der Waals surface area contributed by atoms with Crippen molar-refractivity contribution in [2.24, 2.45) is 0 Å². The summed E-state index contributed by atoms with van der Waals surface area (Å²) in [6.45, 7) is 3.60. The second-order valence-corrected chi connectivity index (χ2v) is 8.75. The van der Waals surface area contributed by atoms with Crippen LogP contribution in [0, 0.1) is 0 Å². The van der Waals surface area contributed by atoms with E-state index < -0.39 is 0 Å². The number of carbonyl (C=O) groups is 1. The summed E-state index contributed by atoms with van der Waals surface area (Å²) in [6, 6.07) is 1.99. The summed E-state index contributed by atoms with van der Waals surface area (Å²) >= 11 is 1.66. The van der Waals surface area contributed by atoms with Gasteiger partial charge >= 0.3 is 0 Å². The van der Waals surface area contributed by atoms with Crippen LogP contribution in [-0.2, 0) is 4.79 Å². The third-order valence-electron chi connectivity index (χ3n) is 5.87. The highest BCUT2D eigenvalue weighted by molar-refractivity contribution is 8.04. The highest BCUT2D eigenvalue weighted by atomic mass is 35.5. The number of hydrogen-bond acceptors (Lipinski definition) is 6. The van der Waals surface area contributed by atoms with Crippen molar-refractivity contribution in [1.82, 2.24) is 25.2 Å². The lowest BCUT2D eigenvalue weighted by Gasteiger charge is -2.41. The zero-order chi connectivity index (χ0) is 18.3. The van der Waals surface area contributed by atoms with Gasteiger partial charge in [-0.05, 0) is 38.3 Å². The number of halogens is 1.